The van der Waals surface area contributed by atoms with Crippen LogP contribution in [0.25, 0.3) is 5.69 Å². The van der Waals surface area contributed by atoms with Crippen molar-refractivity contribution in [3.63, 3.8) is 0 Å². The third kappa shape index (κ3) is 3.67. The lowest BCUT2D eigenvalue weighted by Gasteiger charge is -2.11. The molecule has 1 heterocycles. The minimum atomic E-state index is -4.52. The Labute approximate surface area is 143 Å². The van der Waals surface area contributed by atoms with Gasteiger partial charge in [0.05, 0.1) is 26.4 Å². The van der Waals surface area contributed by atoms with Crippen molar-refractivity contribution in [2.75, 3.05) is 12.5 Å². The zero-order valence-corrected chi connectivity index (χ0v) is 14.5. The third-order valence-corrected chi connectivity index (χ3v) is 5.79. The lowest BCUT2D eigenvalue weighted by atomic mass is 10.2. The maximum Gasteiger partial charge on any atom is 0.416 e. The molecule has 0 spiro atoms. The van der Waals surface area contributed by atoms with E-state index in [1.54, 1.807) is 29.7 Å². The van der Waals surface area contributed by atoms with Crippen LogP contribution in [0.3, 0.4) is 0 Å². The summed E-state index contributed by atoms with van der Waals surface area (Å²) in [5.41, 5.74) is -0.0969. The summed E-state index contributed by atoms with van der Waals surface area (Å²) in [6, 6.07) is 1.62. The lowest BCUT2D eigenvalue weighted by molar-refractivity contribution is -0.137. The molecule has 0 bridgehead atoms. The number of halogens is 5. The second kappa shape index (κ2) is 6.90. The number of hydrogen-bond donors (Lipinski definition) is 0. The van der Waals surface area contributed by atoms with Crippen molar-refractivity contribution < 1.29 is 13.2 Å². The predicted octanol–water partition coefficient (Wildman–Crippen LogP) is 5.32. The van der Waals surface area contributed by atoms with Crippen LogP contribution in [0.15, 0.2) is 18.3 Å². The SMILES string of the molecule is CSC(SC)c1cnn(-c2c(Cl)cc(C(F)(F)F)cc2Cl)n1. The van der Waals surface area contributed by atoms with Gasteiger partial charge in [0.15, 0.2) is 0 Å². The molecule has 120 valence electrons. The summed E-state index contributed by atoms with van der Waals surface area (Å²) in [6.07, 6.45) is 0.885. The topological polar surface area (TPSA) is 30.7 Å². The highest BCUT2D eigenvalue weighted by atomic mass is 35.5. The molecule has 3 nitrogen and oxygen atoms in total. The first kappa shape index (κ1) is 17.8. The second-order valence-corrected chi connectivity index (χ2v) is 7.15. The molecule has 0 saturated heterocycles. The molecule has 0 unspecified atom stereocenters. The Morgan fingerprint density at radius 1 is 1.14 bits per heavy atom. The van der Waals surface area contributed by atoms with E-state index in [1.807, 2.05) is 12.5 Å². The molecule has 0 amide bonds. The lowest BCUT2D eigenvalue weighted by Crippen LogP contribution is -2.08. The highest BCUT2D eigenvalue weighted by Crippen LogP contribution is 2.38. The number of alkyl halides is 3. The highest BCUT2D eigenvalue weighted by Gasteiger charge is 2.32. The predicted molar refractivity (Wildman–Crippen MR) is 86.2 cm³/mol. The first-order valence-electron chi connectivity index (χ1n) is 5.82. The Hall–Kier alpha value is -0.570. The Morgan fingerprint density at radius 3 is 2.14 bits per heavy atom. The number of nitrogens with zero attached hydrogens (tertiary/aromatic N) is 3. The summed E-state index contributed by atoms with van der Waals surface area (Å²) in [5.74, 6) is 0. The van der Waals surface area contributed by atoms with E-state index in [0.29, 0.717) is 5.69 Å². The van der Waals surface area contributed by atoms with Crippen LogP contribution in [0.2, 0.25) is 10.0 Å². The van der Waals surface area contributed by atoms with Crippen molar-refractivity contribution in [2.24, 2.45) is 0 Å². The molecule has 22 heavy (non-hydrogen) atoms. The zero-order valence-electron chi connectivity index (χ0n) is 11.4. The average Bonchev–Trinajstić information content (AvgIpc) is 2.87. The van der Waals surface area contributed by atoms with Gasteiger partial charge in [0.25, 0.3) is 0 Å². The largest absolute Gasteiger partial charge is 0.416 e. The summed E-state index contributed by atoms with van der Waals surface area (Å²) in [6.45, 7) is 0. The van der Waals surface area contributed by atoms with Crippen molar-refractivity contribution >= 4 is 46.7 Å². The average molecular weight is 388 g/mol. The van der Waals surface area contributed by atoms with E-state index < -0.39 is 11.7 Å². The molecule has 0 radical (unpaired) electrons. The fraction of sp³-hybridized carbons (Fsp3) is 0.333. The van der Waals surface area contributed by atoms with Gasteiger partial charge in [-0.15, -0.1) is 28.3 Å². The van der Waals surface area contributed by atoms with Gasteiger partial charge in [-0.1, -0.05) is 23.2 Å². The summed E-state index contributed by atoms with van der Waals surface area (Å²) in [5, 5.41) is 7.97. The molecule has 10 heteroatoms. The van der Waals surface area contributed by atoms with E-state index in [-0.39, 0.29) is 20.3 Å². The first-order chi connectivity index (χ1) is 10.3. The molecular weight excluding hydrogens is 378 g/mol. The summed E-state index contributed by atoms with van der Waals surface area (Å²) in [7, 11) is 0. The van der Waals surface area contributed by atoms with E-state index in [1.165, 1.54) is 0 Å². The van der Waals surface area contributed by atoms with Crippen molar-refractivity contribution in [2.45, 2.75) is 10.8 Å². The van der Waals surface area contributed by atoms with Crippen molar-refractivity contribution in [1.82, 2.24) is 15.0 Å². The minimum absolute atomic E-state index is 0.0701. The third-order valence-electron chi connectivity index (χ3n) is 2.72. The van der Waals surface area contributed by atoms with E-state index >= 15 is 0 Å². The van der Waals surface area contributed by atoms with Gasteiger partial charge in [-0.25, -0.2) is 0 Å². The van der Waals surface area contributed by atoms with Gasteiger partial charge in [0.2, 0.25) is 0 Å². The maximum atomic E-state index is 12.7. The monoisotopic (exact) mass is 387 g/mol. The molecule has 0 aliphatic rings. The highest BCUT2D eigenvalue weighted by molar-refractivity contribution is 8.15. The van der Waals surface area contributed by atoms with Crippen molar-refractivity contribution in [1.29, 1.82) is 0 Å². The van der Waals surface area contributed by atoms with Gasteiger partial charge >= 0.3 is 6.18 Å². The van der Waals surface area contributed by atoms with Gasteiger partial charge in [-0.05, 0) is 24.6 Å². The molecule has 1 aromatic carbocycles. The second-order valence-electron chi connectivity index (χ2n) is 4.15. The van der Waals surface area contributed by atoms with E-state index in [9.17, 15) is 13.2 Å². The molecule has 0 aliphatic heterocycles. The maximum absolute atomic E-state index is 12.7. The van der Waals surface area contributed by atoms with Crippen LogP contribution in [0.1, 0.15) is 15.8 Å². The summed E-state index contributed by atoms with van der Waals surface area (Å²) >= 11 is 15.0. The quantitative estimate of drug-likeness (QED) is 0.664. The van der Waals surface area contributed by atoms with Crippen LogP contribution in [-0.4, -0.2) is 27.5 Å². The zero-order chi connectivity index (χ0) is 16.5. The Morgan fingerprint density at radius 2 is 1.68 bits per heavy atom. The number of hydrogen-bond acceptors (Lipinski definition) is 4. The standard InChI is InChI=1S/C12H10Cl2F3N3S2/c1-21-11(22-2)9-5-18-20(19-9)10-7(13)3-6(4-8(10)14)12(15,16)17/h3-5,11H,1-2H3. The molecule has 0 aliphatic carbocycles. The van der Waals surface area contributed by atoms with Crippen molar-refractivity contribution in [3.05, 3.63) is 39.6 Å². The number of aromatic nitrogens is 3. The van der Waals surface area contributed by atoms with Crippen LogP contribution in [0, 0.1) is 0 Å². The minimum Gasteiger partial charge on any atom is -0.166 e. The molecule has 1 aromatic heterocycles. The van der Waals surface area contributed by atoms with E-state index in [4.69, 9.17) is 23.2 Å². The van der Waals surface area contributed by atoms with Gasteiger partial charge < -0.3 is 0 Å². The van der Waals surface area contributed by atoms with E-state index in [0.717, 1.165) is 16.9 Å². The number of rotatable bonds is 4. The van der Waals surface area contributed by atoms with Crippen LogP contribution in [0.4, 0.5) is 13.2 Å². The van der Waals surface area contributed by atoms with Gasteiger partial charge in [0, 0.05) is 0 Å². The Bertz CT molecular complexity index is 649. The van der Waals surface area contributed by atoms with Crippen LogP contribution in [-0.2, 0) is 6.18 Å². The molecule has 2 rings (SSSR count). The number of benzene rings is 1. The van der Waals surface area contributed by atoms with Gasteiger partial charge in [-0.3, -0.25) is 0 Å². The van der Waals surface area contributed by atoms with Crippen LogP contribution in [0.5, 0.6) is 0 Å². The van der Waals surface area contributed by atoms with E-state index in [2.05, 4.69) is 10.2 Å². The first-order valence-corrected chi connectivity index (χ1v) is 9.15. The van der Waals surface area contributed by atoms with Crippen LogP contribution < -0.4 is 0 Å². The molecule has 0 atom stereocenters. The molecule has 2 aromatic rings. The smallest absolute Gasteiger partial charge is 0.166 e. The molecule has 0 fully saturated rings. The fourth-order valence-corrected chi connectivity index (χ4v) is 3.86. The summed E-state index contributed by atoms with van der Waals surface area (Å²) in [4.78, 5) is 1.15. The molecular formula is C12H10Cl2F3N3S2. The molecule has 0 saturated carbocycles. The summed E-state index contributed by atoms with van der Waals surface area (Å²) < 4.78 is 38.2. The van der Waals surface area contributed by atoms with Crippen molar-refractivity contribution in [3.8, 4) is 5.69 Å². The molecule has 0 N–H and O–H groups in total. The Balaban J connectivity index is 2.46. The van der Waals surface area contributed by atoms with Crippen LogP contribution >= 0.6 is 46.7 Å². The fourth-order valence-electron chi connectivity index (χ4n) is 1.75. The normalized spacial score (nSPS) is 12.2. The Kier molecular flexibility index (Phi) is 5.58. The van der Waals surface area contributed by atoms with Gasteiger partial charge in [-0.2, -0.15) is 23.4 Å². The number of thioether (sulfide) groups is 2. The van der Waals surface area contributed by atoms with Gasteiger partial charge in [0.1, 0.15) is 11.4 Å².